The van der Waals surface area contributed by atoms with Crippen molar-refractivity contribution in [3.05, 3.63) is 32.1 Å². The molecule has 1 N–H and O–H groups in total. The standard InChI is InChI=1S/C12H14ClIN2O5/c1-12(2)20-7-6(3-14)19-10(8(7)21-12)16-4-5(13)9(17)15-11(16)18/h4,6-8,10H,3H2,1-2H3,(H,15,17,18)/t6-,7+,8?,10-/m1/s1. The number of ether oxygens (including phenoxy) is 3. The van der Waals surface area contributed by atoms with Crippen LogP contribution >= 0.6 is 34.2 Å². The summed E-state index contributed by atoms with van der Waals surface area (Å²) in [5.41, 5.74) is -1.21. The minimum atomic E-state index is -0.739. The van der Waals surface area contributed by atoms with Crippen molar-refractivity contribution in [3.63, 3.8) is 0 Å². The summed E-state index contributed by atoms with van der Waals surface area (Å²) in [5, 5.41) is -0.0779. The number of alkyl halides is 1. The first-order chi connectivity index (χ1) is 9.82. The van der Waals surface area contributed by atoms with E-state index in [1.54, 1.807) is 0 Å². The number of nitrogens with one attached hydrogen (secondary N) is 1. The highest BCUT2D eigenvalue weighted by molar-refractivity contribution is 14.1. The SMILES string of the molecule is CC1(C)OC2[C@@H](O1)[C@@H](CI)O[C@H]2n1cc(Cl)c(=O)[nH]c1=O. The van der Waals surface area contributed by atoms with Crippen molar-refractivity contribution < 1.29 is 14.2 Å². The molecular weight excluding hydrogens is 414 g/mol. The highest BCUT2D eigenvalue weighted by Gasteiger charge is 2.55. The number of hydrogen-bond donors (Lipinski definition) is 1. The van der Waals surface area contributed by atoms with Crippen molar-refractivity contribution in [1.82, 2.24) is 9.55 Å². The first kappa shape index (κ1) is 15.5. The molecule has 3 rings (SSSR count). The van der Waals surface area contributed by atoms with Crippen molar-refractivity contribution in [2.24, 2.45) is 0 Å². The van der Waals surface area contributed by atoms with Crippen LogP contribution < -0.4 is 11.2 Å². The van der Waals surface area contributed by atoms with Crippen LogP contribution in [0.25, 0.3) is 0 Å². The second-order valence-corrected chi connectivity index (χ2v) is 6.72. The molecule has 0 spiro atoms. The molecule has 0 aromatic carbocycles. The summed E-state index contributed by atoms with van der Waals surface area (Å²) in [6, 6.07) is 0. The fraction of sp³-hybridized carbons (Fsp3) is 0.667. The Morgan fingerprint density at radius 1 is 1.38 bits per heavy atom. The Labute approximate surface area is 138 Å². The highest BCUT2D eigenvalue weighted by Crippen LogP contribution is 2.43. The minimum Gasteiger partial charge on any atom is -0.348 e. The lowest BCUT2D eigenvalue weighted by atomic mass is 10.1. The van der Waals surface area contributed by atoms with Gasteiger partial charge in [-0.25, -0.2) is 4.79 Å². The molecule has 7 nitrogen and oxygen atoms in total. The molecule has 1 aromatic rings. The van der Waals surface area contributed by atoms with Crippen molar-refractivity contribution in [1.29, 1.82) is 0 Å². The summed E-state index contributed by atoms with van der Waals surface area (Å²) in [6.07, 6.45) is -0.299. The Morgan fingerprint density at radius 3 is 2.71 bits per heavy atom. The molecule has 21 heavy (non-hydrogen) atoms. The van der Waals surface area contributed by atoms with Crippen LogP contribution in [-0.2, 0) is 14.2 Å². The molecule has 2 fully saturated rings. The average molecular weight is 429 g/mol. The van der Waals surface area contributed by atoms with E-state index < -0.39 is 29.4 Å². The van der Waals surface area contributed by atoms with Gasteiger partial charge in [-0.2, -0.15) is 0 Å². The lowest BCUT2D eigenvalue weighted by molar-refractivity contribution is -0.194. The van der Waals surface area contributed by atoms with Crippen LogP contribution in [0.15, 0.2) is 15.8 Å². The molecule has 0 amide bonds. The molecule has 2 aliphatic rings. The molecule has 116 valence electrons. The largest absolute Gasteiger partial charge is 0.348 e. The third-order valence-electron chi connectivity index (χ3n) is 3.48. The van der Waals surface area contributed by atoms with E-state index in [-0.39, 0.29) is 17.2 Å². The number of aromatic nitrogens is 2. The van der Waals surface area contributed by atoms with Crippen LogP contribution in [0.2, 0.25) is 5.02 Å². The molecule has 0 bridgehead atoms. The van der Waals surface area contributed by atoms with Crippen LogP contribution in [0.1, 0.15) is 20.1 Å². The maximum atomic E-state index is 12.0. The lowest BCUT2D eigenvalue weighted by Gasteiger charge is -2.24. The zero-order valence-corrected chi connectivity index (χ0v) is 14.3. The Morgan fingerprint density at radius 2 is 2.05 bits per heavy atom. The molecule has 1 aromatic heterocycles. The molecule has 3 heterocycles. The zero-order valence-electron chi connectivity index (χ0n) is 11.3. The van der Waals surface area contributed by atoms with Crippen LogP contribution in [0, 0.1) is 0 Å². The monoisotopic (exact) mass is 428 g/mol. The molecule has 0 aliphatic carbocycles. The predicted molar refractivity (Wildman–Crippen MR) is 83.0 cm³/mol. The second-order valence-electron chi connectivity index (χ2n) is 5.43. The summed E-state index contributed by atoms with van der Waals surface area (Å²) in [6.45, 7) is 3.63. The van der Waals surface area contributed by atoms with Gasteiger partial charge < -0.3 is 14.2 Å². The van der Waals surface area contributed by atoms with E-state index in [9.17, 15) is 9.59 Å². The number of halogens is 2. The molecule has 2 saturated heterocycles. The van der Waals surface area contributed by atoms with Gasteiger partial charge in [-0.1, -0.05) is 34.2 Å². The number of fused-ring (bicyclic) bond motifs is 1. The van der Waals surface area contributed by atoms with Gasteiger partial charge in [-0.3, -0.25) is 14.3 Å². The van der Waals surface area contributed by atoms with Crippen molar-refractivity contribution in [2.75, 3.05) is 4.43 Å². The Balaban J connectivity index is 2.01. The summed E-state index contributed by atoms with van der Waals surface area (Å²) >= 11 is 8.00. The summed E-state index contributed by atoms with van der Waals surface area (Å²) in [5.74, 6) is -0.739. The van der Waals surface area contributed by atoms with E-state index in [0.29, 0.717) is 4.43 Å². The van der Waals surface area contributed by atoms with Gasteiger partial charge in [0, 0.05) is 10.6 Å². The molecule has 9 heteroatoms. The van der Waals surface area contributed by atoms with Gasteiger partial charge in [0.1, 0.15) is 17.2 Å². The van der Waals surface area contributed by atoms with Gasteiger partial charge in [0.25, 0.3) is 5.56 Å². The molecule has 1 unspecified atom stereocenters. The van der Waals surface area contributed by atoms with Crippen molar-refractivity contribution in [2.45, 2.75) is 44.2 Å². The molecular formula is C12H14ClIN2O5. The van der Waals surface area contributed by atoms with Gasteiger partial charge in [0.15, 0.2) is 12.0 Å². The maximum absolute atomic E-state index is 12.0. The fourth-order valence-corrected chi connectivity index (χ4v) is 3.52. The summed E-state index contributed by atoms with van der Waals surface area (Å²) in [4.78, 5) is 25.5. The van der Waals surface area contributed by atoms with E-state index >= 15 is 0 Å². The van der Waals surface area contributed by atoms with E-state index in [0.717, 1.165) is 0 Å². The number of nitrogens with zero attached hydrogens (tertiary/aromatic N) is 1. The maximum Gasteiger partial charge on any atom is 0.330 e. The van der Waals surface area contributed by atoms with E-state index in [1.165, 1.54) is 10.8 Å². The van der Waals surface area contributed by atoms with Gasteiger partial charge in [0.2, 0.25) is 0 Å². The lowest BCUT2D eigenvalue weighted by Crippen LogP contribution is -2.37. The van der Waals surface area contributed by atoms with Crippen molar-refractivity contribution in [3.8, 4) is 0 Å². The Bertz CT molecular complexity index is 672. The van der Waals surface area contributed by atoms with Gasteiger partial charge in [-0.15, -0.1) is 0 Å². The molecule has 4 atom stereocenters. The highest BCUT2D eigenvalue weighted by atomic mass is 127. The van der Waals surface area contributed by atoms with Crippen LogP contribution in [-0.4, -0.2) is 38.1 Å². The third-order valence-corrected chi connectivity index (χ3v) is 4.61. The first-order valence-corrected chi connectivity index (χ1v) is 8.31. The smallest absolute Gasteiger partial charge is 0.330 e. The summed E-state index contributed by atoms with van der Waals surface area (Å²) in [7, 11) is 0. The first-order valence-electron chi connectivity index (χ1n) is 6.40. The topological polar surface area (TPSA) is 82.6 Å². The number of aromatic amines is 1. The predicted octanol–water partition coefficient (Wildman–Crippen LogP) is 1.04. The second kappa shape index (κ2) is 5.34. The fourth-order valence-electron chi connectivity index (χ4n) is 2.66. The molecule has 2 aliphatic heterocycles. The Hall–Kier alpha value is -0.420. The molecule has 0 saturated carbocycles. The molecule has 0 radical (unpaired) electrons. The van der Waals surface area contributed by atoms with Gasteiger partial charge >= 0.3 is 5.69 Å². The van der Waals surface area contributed by atoms with E-state index in [1.807, 2.05) is 13.8 Å². The van der Waals surface area contributed by atoms with Gasteiger partial charge in [-0.05, 0) is 13.8 Å². The number of H-pyrrole nitrogens is 1. The third kappa shape index (κ3) is 2.67. The quantitative estimate of drug-likeness (QED) is 0.562. The Kier molecular flexibility index (Phi) is 3.93. The van der Waals surface area contributed by atoms with Crippen LogP contribution in [0.4, 0.5) is 0 Å². The van der Waals surface area contributed by atoms with Crippen molar-refractivity contribution >= 4 is 34.2 Å². The average Bonchev–Trinajstić information content (AvgIpc) is 2.87. The number of hydrogen-bond acceptors (Lipinski definition) is 5. The van der Waals surface area contributed by atoms with E-state index in [4.69, 9.17) is 25.8 Å². The van der Waals surface area contributed by atoms with Crippen LogP contribution in [0.5, 0.6) is 0 Å². The normalized spacial score (nSPS) is 34.1. The summed E-state index contributed by atoms with van der Waals surface area (Å²) < 4.78 is 19.5. The van der Waals surface area contributed by atoms with Gasteiger partial charge in [0.05, 0.1) is 6.10 Å². The zero-order chi connectivity index (χ0) is 15.4. The van der Waals surface area contributed by atoms with E-state index in [2.05, 4.69) is 27.6 Å². The van der Waals surface area contributed by atoms with Crippen LogP contribution in [0.3, 0.4) is 0 Å². The minimum absolute atomic E-state index is 0.0779. The number of rotatable bonds is 2.